The second-order valence-corrected chi connectivity index (χ2v) is 5.18. The summed E-state index contributed by atoms with van der Waals surface area (Å²) in [6.07, 6.45) is 0.610. The van der Waals surface area contributed by atoms with Gasteiger partial charge in [0.2, 0.25) is 0 Å². The van der Waals surface area contributed by atoms with Crippen molar-refractivity contribution in [3.63, 3.8) is 0 Å². The molecule has 2 N–H and O–H groups in total. The number of nitrogens with two attached hydrogens (primary N) is 1. The molecule has 0 amide bonds. The van der Waals surface area contributed by atoms with Gasteiger partial charge in [-0.2, -0.15) is 4.98 Å². The molecule has 0 aliphatic rings. The minimum atomic E-state index is 0.379. The van der Waals surface area contributed by atoms with E-state index in [1.165, 1.54) is 0 Å². The van der Waals surface area contributed by atoms with E-state index in [1.807, 2.05) is 24.3 Å². The Labute approximate surface area is 124 Å². The zero-order valence-corrected chi connectivity index (χ0v) is 12.0. The van der Waals surface area contributed by atoms with Gasteiger partial charge in [0.1, 0.15) is 11.5 Å². The third-order valence-corrected chi connectivity index (χ3v) is 3.26. The highest BCUT2D eigenvalue weighted by Crippen LogP contribution is 2.17. The SMILES string of the molecule is Nc1cccc(-c2nc(Cc3ccc(Br)cc3)no2)n1. The molecule has 0 aliphatic carbocycles. The maximum atomic E-state index is 5.64. The molecule has 3 rings (SSSR count). The summed E-state index contributed by atoms with van der Waals surface area (Å²) < 4.78 is 6.25. The molecule has 0 aliphatic heterocycles. The Bertz CT molecular complexity index is 724. The van der Waals surface area contributed by atoms with Gasteiger partial charge in [0.15, 0.2) is 5.82 Å². The minimum Gasteiger partial charge on any atom is -0.384 e. The number of rotatable bonds is 3. The van der Waals surface area contributed by atoms with Gasteiger partial charge in [-0.05, 0) is 29.8 Å². The third kappa shape index (κ3) is 2.85. The van der Waals surface area contributed by atoms with Crippen LogP contribution in [0, 0.1) is 0 Å². The summed E-state index contributed by atoms with van der Waals surface area (Å²) >= 11 is 3.40. The van der Waals surface area contributed by atoms with Crippen LogP contribution in [-0.4, -0.2) is 15.1 Å². The average molecular weight is 331 g/mol. The molecule has 2 heterocycles. The molecule has 0 unspecified atom stereocenters. The highest BCUT2D eigenvalue weighted by atomic mass is 79.9. The molecular weight excluding hydrogens is 320 g/mol. The van der Waals surface area contributed by atoms with Crippen molar-refractivity contribution in [1.29, 1.82) is 0 Å². The molecule has 2 aromatic heterocycles. The molecule has 0 fully saturated rings. The number of hydrogen-bond acceptors (Lipinski definition) is 5. The van der Waals surface area contributed by atoms with Crippen molar-refractivity contribution in [3.8, 4) is 11.6 Å². The van der Waals surface area contributed by atoms with Crippen LogP contribution in [0.25, 0.3) is 11.6 Å². The van der Waals surface area contributed by atoms with Crippen LogP contribution < -0.4 is 5.73 Å². The Morgan fingerprint density at radius 1 is 1.05 bits per heavy atom. The first-order valence-electron chi connectivity index (χ1n) is 6.00. The van der Waals surface area contributed by atoms with Gasteiger partial charge in [0.05, 0.1) is 0 Å². The summed E-state index contributed by atoms with van der Waals surface area (Å²) in [7, 11) is 0. The van der Waals surface area contributed by atoms with Crippen LogP contribution in [0.3, 0.4) is 0 Å². The summed E-state index contributed by atoms with van der Waals surface area (Å²) in [5.41, 5.74) is 7.33. The van der Waals surface area contributed by atoms with Gasteiger partial charge in [0.25, 0.3) is 5.89 Å². The van der Waals surface area contributed by atoms with Gasteiger partial charge in [-0.3, -0.25) is 0 Å². The number of pyridine rings is 1. The first kappa shape index (κ1) is 12.8. The summed E-state index contributed by atoms with van der Waals surface area (Å²) in [5, 5.41) is 3.96. The van der Waals surface area contributed by atoms with E-state index in [0.29, 0.717) is 29.6 Å². The van der Waals surface area contributed by atoms with Crippen LogP contribution in [0.5, 0.6) is 0 Å². The molecule has 6 heteroatoms. The molecule has 0 saturated carbocycles. The number of anilines is 1. The Kier molecular flexibility index (Phi) is 3.47. The van der Waals surface area contributed by atoms with E-state index in [-0.39, 0.29) is 0 Å². The minimum absolute atomic E-state index is 0.379. The zero-order valence-electron chi connectivity index (χ0n) is 10.5. The monoisotopic (exact) mass is 330 g/mol. The normalized spacial score (nSPS) is 10.7. The number of nitrogens with zero attached hydrogens (tertiary/aromatic N) is 3. The van der Waals surface area contributed by atoms with Gasteiger partial charge < -0.3 is 10.3 Å². The maximum absolute atomic E-state index is 5.64. The molecule has 100 valence electrons. The Morgan fingerprint density at radius 3 is 2.60 bits per heavy atom. The Morgan fingerprint density at radius 2 is 1.85 bits per heavy atom. The van der Waals surface area contributed by atoms with Gasteiger partial charge >= 0.3 is 0 Å². The predicted octanol–water partition coefficient (Wildman–Crippen LogP) is 3.07. The molecule has 1 aromatic carbocycles. The lowest BCUT2D eigenvalue weighted by molar-refractivity contribution is 0.422. The van der Waals surface area contributed by atoms with Crippen molar-refractivity contribution in [3.05, 3.63) is 58.3 Å². The molecule has 0 saturated heterocycles. The second kappa shape index (κ2) is 5.42. The lowest BCUT2D eigenvalue weighted by Gasteiger charge is -1.96. The van der Waals surface area contributed by atoms with E-state index in [2.05, 4.69) is 31.1 Å². The third-order valence-electron chi connectivity index (χ3n) is 2.73. The van der Waals surface area contributed by atoms with Gasteiger partial charge in [0, 0.05) is 10.9 Å². The lowest BCUT2D eigenvalue weighted by Crippen LogP contribution is -1.93. The van der Waals surface area contributed by atoms with E-state index >= 15 is 0 Å². The van der Waals surface area contributed by atoms with Crippen LogP contribution in [0.4, 0.5) is 5.82 Å². The van der Waals surface area contributed by atoms with E-state index in [9.17, 15) is 0 Å². The van der Waals surface area contributed by atoms with E-state index < -0.39 is 0 Å². The van der Waals surface area contributed by atoms with Crippen molar-refractivity contribution < 1.29 is 4.52 Å². The van der Waals surface area contributed by atoms with Crippen LogP contribution in [0.1, 0.15) is 11.4 Å². The molecule has 3 aromatic rings. The number of hydrogen-bond donors (Lipinski definition) is 1. The number of nitrogen functional groups attached to an aromatic ring is 1. The standard InChI is InChI=1S/C14H11BrN4O/c15-10-6-4-9(5-7-10)8-13-18-14(20-19-13)11-2-1-3-12(16)17-11/h1-7H,8H2,(H2,16,17). The van der Waals surface area contributed by atoms with Crippen molar-refractivity contribution in [2.45, 2.75) is 6.42 Å². The molecule has 20 heavy (non-hydrogen) atoms. The largest absolute Gasteiger partial charge is 0.384 e. The van der Waals surface area contributed by atoms with Crippen molar-refractivity contribution >= 4 is 21.7 Å². The number of halogens is 1. The van der Waals surface area contributed by atoms with Gasteiger partial charge in [-0.1, -0.05) is 39.3 Å². The molecular formula is C14H11BrN4O. The summed E-state index contributed by atoms with van der Waals surface area (Å²) in [6, 6.07) is 13.3. The Hall–Kier alpha value is -2.21. The van der Waals surface area contributed by atoms with Crippen molar-refractivity contribution in [2.75, 3.05) is 5.73 Å². The smallest absolute Gasteiger partial charge is 0.276 e. The predicted molar refractivity (Wildman–Crippen MR) is 78.9 cm³/mol. The van der Waals surface area contributed by atoms with E-state index in [4.69, 9.17) is 10.3 Å². The first-order chi connectivity index (χ1) is 9.70. The molecule has 0 bridgehead atoms. The topological polar surface area (TPSA) is 77.8 Å². The van der Waals surface area contributed by atoms with Gasteiger partial charge in [-0.25, -0.2) is 4.98 Å². The summed E-state index contributed by atoms with van der Waals surface area (Å²) in [5.74, 6) is 1.42. The number of aromatic nitrogens is 3. The van der Waals surface area contributed by atoms with Crippen molar-refractivity contribution in [1.82, 2.24) is 15.1 Å². The molecule has 0 radical (unpaired) electrons. The second-order valence-electron chi connectivity index (χ2n) is 4.27. The highest BCUT2D eigenvalue weighted by molar-refractivity contribution is 9.10. The molecule has 5 nitrogen and oxygen atoms in total. The Balaban J connectivity index is 1.82. The first-order valence-corrected chi connectivity index (χ1v) is 6.80. The maximum Gasteiger partial charge on any atom is 0.276 e. The van der Waals surface area contributed by atoms with Crippen LogP contribution in [0.2, 0.25) is 0 Å². The number of benzene rings is 1. The van der Waals surface area contributed by atoms with E-state index in [0.717, 1.165) is 10.0 Å². The average Bonchev–Trinajstić information content (AvgIpc) is 2.90. The molecule has 0 spiro atoms. The van der Waals surface area contributed by atoms with E-state index in [1.54, 1.807) is 18.2 Å². The van der Waals surface area contributed by atoms with Crippen molar-refractivity contribution in [2.24, 2.45) is 0 Å². The fourth-order valence-electron chi connectivity index (χ4n) is 1.79. The fourth-order valence-corrected chi connectivity index (χ4v) is 2.05. The summed E-state index contributed by atoms with van der Waals surface area (Å²) in [4.78, 5) is 8.48. The quantitative estimate of drug-likeness (QED) is 0.798. The highest BCUT2D eigenvalue weighted by Gasteiger charge is 2.10. The fraction of sp³-hybridized carbons (Fsp3) is 0.0714. The van der Waals surface area contributed by atoms with Crippen LogP contribution in [0.15, 0.2) is 51.5 Å². The summed E-state index contributed by atoms with van der Waals surface area (Å²) in [6.45, 7) is 0. The lowest BCUT2D eigenvalue weighted by atomic mass is 10.1. The zero-order chi connectivity index (χ0) is 13.9. The molecule has 0 atom stereocenters. The van der Waals surface area contributed by atoms with Crippen LogP contribution >= 0.6 is 15.9 Å². The van der Waals surface area contributed by atoms with Crippen LogP contribution in [-0.2, 0) is 6.42 Å². The van der Waals surface area contributed by atoms with Gasteiger partial charge in [-0.15, -0.1) is 0 Å².